The van der Waals surface area contributed by atoms with Crippen molar-refractivity contribution in [2.75, 3.05) is 11.9 Å². The van der Waals surface area contributed by atoms with Crippen molar-refractivity contribution in [3.05, 3.63) is 81.2 Å². The topological polar surface area (TPSA) is 86.9 Å². The molecule has 0 bridgehead atoms. The van der Waals surface area contributed by atoms with Crippen molar-refractivity contribution in [2.24, 2.45) is 0 Å². The molecule has 32 heavy (non-hydrogen) atoms. The number of rotatable bonds is 7. The number of nitrogens with zero attached hydrogens (tertiary/aromatic N) is 1. The smallest absolute Gasteiger partial charge is 0.266 e. The zero-order chi connectivity index (χ0) is 22.5. The van der Waals surface area contributed by atoms with Gasteiger partial charge in [0.05, 0.1) is 16.1 Å². The molecule has 0 radical (unpaired) electrons. The number of anilines is 1. The highest BCUT2D eigenvalue weighted by Gasteiger charge is 2.14. The maximum Gasteiger partial charge on any atom is 0.266 e. The minimum absolute atomic E-state index is 0.163. The molecule has 0 unspecified atom stereocenters. The second-order valence-corrected chi connectivity index (χ2v) is 8.35. The van der Waals surface area contributed by atoms with Crippen molar-refractivity contribution in [2.45, 2.75) is 20.3 Å². The number of hydrogen-bond acceptors (Lipinski definition) is 4. The van der Waals surface area contributed by atoms with Gasteiger partial charge in [0.15, 0.2) is 0 Å². The summed E-state index contributed by atoms with van der Waals surface area (Å²) in [6.45, 7) is 4.51. The van der Waals surface area contributed by atoms with Crippen molar-refractivity contribution >= 4 is 51.9 Å². The number of hydrogen-bond donors (Lipinski definition) is 3. The first-order valence-electron chi connectivity index (χ1n) is 10.5. The van der Waals surface area contributed by atoms with Crippen LogP contribution in [0.4, 0.5) is 5.69 Å². The first kappa shape index (κ1) is 21.5. The van der Waals surface area contributed by atoms with Crippen molar-refractivity contribution in [3.8, 4) is 0 Å². The lowest BCUT2D eigenvalue weighted by Gasteiger charge is -2.11. The monoisotopic (exact) mass is 444 g/mol. The summed E-state index contributed by atoms with van der Waals surface area (Å²) in [6, 6.07) is 15.1. The molecular weight excluding hydrogens is 420 g/mol. The van der Waals surface area contributed by atoms with Crippen LogP contribution in [0.3, 0.4) is 0 Å². The highest BCUT2D eigenvalue weighted by Crippen LogP contribution is 2.25. The number of H-pyrrole nitrogens is 1. The lowest BCUT2D eigenvalue weighted by molar-refractivity contribution is 0.0952. The number of carbonyl (C=O) groups is 2. The number of aryl methyl sites for hydroxylation is 1. The van der Waals surface area contributed by atoms with Gasteiger partial charge in [-0.3, -0.25) is 14.7 Å². The van der Waals surface area contributed by atoms with Crippen LogP contribution in [0, 0.1) is 6.92 Å². The Labute approximate surface area is 190 Å². The van der Waals surface area contributed by atoms with E-state index in [0.717, 1.165) is 34.1 Å². The van der Waals surface area contributed by atoms with E-state index in [2.05, 4.69) is 20.8 Å². The maximum atomic E-state index is 12.9. The summed E-state index contributed by atoms with van der Waals surface area (Å²) in [5.74, 6) is -0.355. The molecule has 7 heteroatoms. The molecule has 4 aromatic rings. The largest absolute Gasteiger partial charge is 0.352 e. The number of aromatic nitrogens is 2. The van der Waals surface area contributed by atoms with E-state index in [1.165, 1.54) is 11.3 Å². The summed E-state index contributed by atoms with van der Waals surface area (Å²) >= 11 is 1.39. The predicted molar refractivity (Wildman–Crippen MR) is 131 cm³/mol. The zero-order valence-corrected chi connectivity index (χ0v) is 18.8. The molecule has 0 fully saturated rings. The standard InChI is InChI=1S/C25H24N4O2S/c1-3-13-26-24(30)18-9-8-17(10-11-21-19-6-4-5-7-20(19)28-29-21)22(15-18)27-25(31)23-16(2)12-14-32-23/h4-12,14-15H,3,13H2,1-2H3,(H,26,30)(H,27,31)(H,28,29)/b11-10+. The zero-order valence-electron chi connectivity index (χ0n) is 17.9. The molecule has 0 saturated carbocycles. The van der Waals surface area contributed by atoms with Crippen LogP contribution in [0.5, 0.6) is 0 Å². The third kappa shape index (κ3) is 4.63. The summed E-state index contributed by atoms with van der Waals surface area (Å²) in [5.41, 5.74) is 4.53. The van der Waals surface area contributed by atoms with Crippen molar-refractivity contribution in [1.82, 2.24) is 15.5 Å². The van der Waals surface area contributed by atoms with E-state index in [0.29, 0.717) is 22.7 Å². The highest BCUT2D eigenvalue weighted by molar-refractivity contribution is 7.12. The third-order valence-corrected chi connectivity index (χ3v) is 6.10. The molecule has 2 aromatic heterocycles. The van der Waals surface area contributed by atoms with Gasteiger partial charge >= 0.3 is 0 Å². The van der Waals surface area contributed by atoms with Crippen LogP contribution >= 0.6 is 11.3 Å². The number of fused-ring (bicyclic) bond motifs is 1. The fraction of sp³-hybridized carbons (Fsp3) is 0.160. The Balaban J connectivity index is 1.67. The van der Waals surface area contributed by atoms with Crippen LogP contribution in [0.1, 0.15) is 50.2 Å². The fourth-order valence-corrected chi connectivity index (χ4v) is 4.18. The van der Waals surface area contributed by atoms with Crippen molar-refractivity contribution < 1.29 is 9.59 Å². The van der Waals surface area contributed by atoms with Crippen LogP contribution in [0.25, 0.3) is 23.1 Å². The molecule has 0 atom stereocenters. The quantitative estimate of drug-likeness (QED) is 0.352. The third-order valence-electron chi connectivity index (χ3n) is 5.09. The minimum Gasteiger partial charge on any atom is -0.352 e. The van der Waals surface area contributed by atoms with Crippen LogP contribution in [0.2, 0.25) is 0 Å². The number of carbonyl (C=O) groups excluding carboxylic acids is 2. The minimum atomic E-state index is -0.191. The first-order valence-corrected chi connectivity index (χ1v) is 11.3. The molecule has 0 aliphatic carbocycles. The van der Waals surface area contributed by atoms with Gasteiger partial charge in [-0.15, -0.1) is 11.3 Å². The number of amides is 2. The molecule has 0 spiro atoms. The number of benzene rings is 2. The van der Waals surface area contributed by atoms with Gasteiger partial charge in [0, 0.05) is 23.2 Å². The molecule has 0 aliphatic rings. The van der Waals surface area contributed by atoms with Crippen LogP contribution < -0.4 is 10.6 Å². The molecule has 0 aliphatic heterocycles. The van der Waals surface area contributed by atoms with Gasteiger partial charge in [0.25, 0.3) is 11.8 Å². The van der Waals surface area contributed by atoms with Gasteiger partial charge in [0.1, 0.15) is 0 Å². The second kappa shape index (κ2) is 9.62. The van der Waals surface area contributed by atoms with Crippen molar-refractivity contribution in [3.63, 3.8) is 0 Å². The van der Waals surface area contributed by atoms with E-state index in [-0.39, 0.29) is 11.8 Å². The molecule has 4 rings (SSSR count). The normalized spacial score (nSPS) is 11.2. The number of nitrogens with one attached hydrogen (secondary N) is 3. The Morgan fingerprint density at radius 3 is 2.72 bits per heavy atom. The fourth-order valence-electron chi connectivity index (χ4n) is 3.36. The molecule has 3 N–H and O–H groups in total. The number of para-hydroxylation sites is 1. The van der Waals surface area contributed by atoms with Gasteiger partial charge in [-0.1, -0.05) is 37.3 Å². The van der Waals surface area contributed by atoms with Crippen LogP contribution in [0.15, 0.2) is 53.9 Å². The Morgan fingerprint density at radius 2 is 1.94 bits per heavy atom. The van der Waals surface area contributed by atoms with E-state index in [4.69, 9.17) is 0 Å². The van der Waals surface area contributed by atoms with Gasteiger partial charge in [-0.05, 0) is 60.2 Å². The molecule has 2 amide bonds. The number of aromatic amines is 1. The van der Waals surface area contributed by atoms with E-state index < -0.39 is 0 Å². The lowest BCUT2D eigenvalue weighted by Crippen LogP contribution is -2.24. The first-order chi connectivity index (χ1) is 15.6. The van der Waals surface area contributed by atoms with E-state index in [9.17, 15) is 9.59 Å². The number of thiophene rings is 1. The van der Waals surface area contributed by atoms with Gasteiger partial charge < -0.3 is 10.6 Å². The average molecular weight is 445 g/mol. The molecule has 6 nitrogen and oxygen atoms in total. The van der Waals surface area contributed by atoms with Gasteiger partial charge in [0.2, 0.25) is 0 Å². The van der Waals surface area contributed by atoms with Crippen LogP contribution in [-0.4, -0.2) is 28.6 Å². The lowest BCUT2D eigenvalue weighted by atomic mass is 10.1. The summed E-state index contributed by atoms with van der Waals surface area (Å²) in [6.07, 6.45) is 4.65. The molecular formula is C25H24N4O2S. The maximum absolute atomic E-state index is 12.9. The Bertz CT molecular complexity index is 1300. The Kier molecular flexibility index (Phi) is 6.47. The molecule has 162 valence electrons. The molecule has 2 heterocycles. The average Bonchev–Trinajstić information content (AvgIpc) is 3.42. The van der Waals surface area contributed by atoms with E-state index in [1.54, 1.807) is 12.1 Å². The highest BCUT2D eigenvalue weighted by atomic mass is 32.1. The molecule has 0 saturated heterocycles. The van der Waals surface area contributed by atoms with Crippen LogP contribution in [-0.2, 0) is 0 Å². The SMILES string of the molecule is CCCNC(=O)c1ccc(/C=C/c2n[nH]c3ccccc23)c(NC(=O)c2sccc2C)c1. The summed E-state index contributed by atoms with van der Waals surface area (Å²) < 4.78 is 0. The predicted octanol–water partition coefficient (Wildman–Crippen LogP) is 5.50. The Hall–Kier alpha value is -3.71. The summed E-state index contributed by atoms with van der Waals surface area (Å²) in [5, 5.41) is 16.2. The Morgan fingerprint density at radius 1 is 1.09 bits per heavy atom. The van der Waals surface area contributed by atoms with Crippen molar-refractivity contribution in [1.29, 1.82) is 0 Å². The van der Waals surface area contributed by atoms with E-state index >= 15 is 0 Å². The van der Waals surface area contributed by atoms with Gasteiger partial charge in [-0.2, -0.15) is 5.10 Å². The summed E-state index contributed by atoms with van der Waals surface area (Å²) in [7, 11) is 0. The van der Waals surface area contributed by atoms with E-state index in [1.807, 2.05) is 67.8 Å². The molecule has 2 aromatic carbocycles. The second-order valence-electron chi connectivity index (χ2n) is 7.43. The summed E-state index contributed by atoms with van der Waals surface area (Å²) in [4.78, 5) is 26.0. The van der Waals surface area contributed by atoms with Gasteiger partial charge in [-0.25, -0.2) is 0 Å².